The van der Waals surface area contributed by atoms with Gasteiger partial charge in [-0.15, -0.1) is 0 Å². The van der Waals surface area contributed by atoms with Gasteiger partial charge >= 0.3 is 5.97 Å². The normalized spacial score (nSPS) is 11.1. The summed E-state index contributed by atoms with van der Waals surface area (Å²) in [7, 11) is -3.34. The number of carbonyl (C=O) groups is 2. The molecular weight excluding hydrogens is 292 g/mol. The Labute approximate surface area is 121 Å². The van der Waals surface area contributed by atoms with Crippen LogP contribution in [0.5, 0.6) is 0 Å². The van der Waals surface area contributed by atoms with Crippen molar-refractivity contribution in [1.29, 1.82) is 0 Å². The second-order valence-corrected chi connectivity index (χ2v) is 6.49. The Morgan fingerprint density at radius 1 is 0.905 bits per heavy atom. The van der Waals surface area contributed by atoms with E-state index in [0.29, 0.717) is 0 Å². The zero-order valence-corrected chi connectivity index (χ0v) is 11.9. The quantitative estimate of drug-likeness (QED) is 0.873. The maximum absolute atomic E-state index is 12.3. The average molecular weight is 304 g/mol. The van der Waals surface area contributed by atoms with E-state index in [1.807, 2.05) is 0 Å². The molecule has 0 saturated heterocycles. The van der Waals surface area contributed by atoms with E-state index in [2.05, 4.69) is 0 Å². The fourth-order valence-corrected chi connectivity index (χ4v) is 2.51. The molecule has 2 rings (SSSR count). The largest absolute Gasteiger partial charge is 0.478 e. The zero-order valence-electron chi connectivity index (χ0n) is 11.1. The molecule has 1 N–H and O–H groups in total. The van der Waals surface area contributed by atoms with E-state index in [9.17, 15) is 18.0 Å². The van der Waals surface area contributed by atoms with Crippen LogP contribution in [0.1, 0.15) is 26.3 Å². The smallest absolute Gasteiger partial charge is 0.336 e. The van der Waals surface area contributed by atoms with Crippen LogP contribution in [0.25, 0.3) is 0 Å². The van der Waals surface area contributed by atoms with Crippen LogP contribution < -0.4 is 0 Å². The van der Waals surface area contributed by atoms with Gasteiger partial charge in [-0.3, -0.25) is 4.79 Å². The van der Waals surface area contributed by atoms with E-state index in [1.54, 1.807) is 6.07 Å². The summed E-state index contributed by atoms with van der Waals surface area (Å²) < 4.78 is 22.7. The maximum atomic E-state index is 12.3. The Hall–Kier alpha value is -2.47. The topological polar surface area (TPSA) is 88.5 Å². The molecule has 21 heavy (non-hydrogen) atoms. The molecule has 0 aromatic heterocycles. The molecule has 0 aliphatic heterocycles. The highest BCUT2D eigenvalue weighted by Gasteiger charge is 2.17. The molecule has 0 amide bonds. The Morgan fingerprint density at radius 2 is 1.43 bits per heavy atom. The first-order chi connectivity index (χ1) is 9.80. The third kappa shape index (κ3) is 3.17. The Balaban J connectivity index is 2.44. The van der Waals surface area contributed by atoms with Gasteiger partial charge in [-0.25, -0.2) is 13.2 Å². The molecule has 0 radical (unpaired) electrons. The molecule has 2 aromatic rings. The summed E-state index contributed by atoms with van der Waals surface area (Å²) in [6, 6.07) is 11.3. The predicted octanol–water partition coefficient (Wildman–Crippen LogP) is 2.02. The molecule has 6 heteroatoms. The van der Waals surface area contributed by atoms with Gasteiger partial charge in [-0.1, -0.05) is 18.2 Å². The van der Waals surface area contributed by atoms with Gasteiger partial charge in [0.15, 0.2) is 15.6 Å². The maximum Gasteiger partial charge on any atom is 0.336 e. The number of benzene rings is 2. The van der Waals surface area contributed by atoms with Gasteiger partial charge in [-0.2, -0.15) is 0 Å². The summed E-state index contributed by atoms with van der Waals surface area (Å²) in [6.45, 7) is 0. The predicted molar refractivity (Wildman–Crippen MR) is 76.4 cm³/mol. The summed E-state index contributed by atoms with van der Waals surface area (Å²) in [5.41, 5.74) is 0.211. The summed E-state index contributed by atoms with van der Waals surface area (Å²) in [4.78, 5) is 23.5. The van der Waals surface area contributed by atoms with Crippen molar-refractivity contribution in [2.75, 3.05) is 6.26 Å². The lowest BCUT2D eigenvalue weighted by Gasteiger charge is -2.06. The summed E-state index contributed by atoms with van der Waals surface area (Å²) >= 11 is 0. The Kier molecular flexibility index (Phi) is 3.90. The second kappa shape index (κ2) is 5.49. The van der Waals surface area contributed by atoms with Gasteiger partial charge in [0.2, 0.25) is 0 Å². The number of hydrogen-bond donors (Lipinski definition) is 1. The lowest BCUT2D eigenvalue weighted by atomic mass is 9.98. The van der Waals surface area contributed by atoms with Crippen molar-refractivity contribution in [3.63, 3.8) is 0 Å². The molecule has 0 fully saturated rings. The average Bonchev–Trinajstić information content (AvgIpc) is 2.45. The van der Waals surface area contributed by atoms with Gasteiger partial charge in [0.1, 0.15) is 0 Å². The van der Waals surface area contributed by atoms with Crippen LogP contribution in [-0.2, 0) is 9.84 Å². The van der Waals surface area contributed by atoms with Gasteiger partial charge in [0.05, 0.1) is 10.5 Å². The number of sulfone groups is 1. The minimum atomic E-state index is -3.34. The standard InChI is InChI=1S/C15H12O5S/c1-21(19,20)11-8-6-10(7-9-11)14(16)12-4-2-3-5-13(12)15(17)18/h2-9H,1H3,(H,17,18). The van der Waals surface area contributed by atoms with Crippen LogP contribution in [0.2, 0.25) is 0 Å². The van der Waals surface area contributed by atoms with E-state index < -0.39 is 21.6 Å². The van der Waals surface area contributed by atoms with E-state index in [1.165, 1.54) is 42.5 Å². The highest BCUT2D eigenvalue weighted by Crippen LogP contribution is 2.17. The van der Waals surface area contributed by atoms with Crippen LogP contribution in [0.15, 0.2) is 53.4 Å². The van der Waals surface area contributed by atoms with Crippen molar-refractivity contribution in [2.24, 2.45) is 0 Å². The van der Waals surface area contributed by atoms with E-state index >= 15 is 0 Å². The lowest BCUT2D eigenvalue weighted by molar-refractivity contribution is 0.0693. The van der Waals surface area contributed by atoms with Crippen LogP contribution in [0, 0.1) is 0 Å². The van der Waals surface area contributed by atoms with Crippen LogP contribution >= 0.6 is 0 Å². The number of rotatable bonds is 4. The SMILES string of the molecule is CS(=O)(=O)c1ccc(C(=O)c2ccccc2C(=O)O)cc1. The number of carboxylic acid groups (broad SMARTS) is 1. The Bertz CT molecular complexity index is 804. The van der Waals surface area contributed by atoms with Crippen molar-refractivity contribution in [2.45, 2.75) is 4.90 Å². The van der Waals surface area contributed by atoms with Crippen molar-refractivity contribution in [3.05, 3.63) is 65.2 Å². The van der Waals surface area contributed by atoms with Crippen molar-refractivity contribution in [1.82, 2.24) is 0 Å². The first-order valence-corrected chi connectivity index (χ1v) is 7.87. The van der Waals surface area contributed by atoms with Gasteiger partial charge in [0.25, 0.3) is 0 Å². The summed E-state index contributed by atoms with van der Waals surface area (Å²) in [6.07, 6.45) is 1.07. The number of aromatic carboxylic acids is 1. The van der Waals surface area contributed by atoms with Gasteiger partial charge in [-0.05, 0) is 30.3 Å². The second-order valence-electron chi connectivity index (χ2n) is 4.48. The molecule has 0 aliphatic carbocycles. The minimum Gasteiger partial charge on any atom is -0.478 e. The number of hydrogen-bond acceptors (Lipinski definition) is 4. The molecule has 0 spiro atoms. The Morgan fingerprint density at radius 3 is 1.90 bits per heavy atom. The van der Waals surface area contributed by atoms with Crippen molar-refractivity contribution < 1.29 is 23.1 Å². The first-order valence-electron chi connectivity index (χ1n) is 5.98. The highest BCUT2D eigenvalue weighted by atomic mass is 32.2. The molecule has 0 bridgehead atoms. The van der Waals surface area contributed by atoms with Gasteiger partial charge < -0.3 is 5.11 Å². The van der Waals surface area contributed by atoms with Crippen LogP contribution in [0.3, 0.4) is 0 Å². The molecule has 2 aromatic carbocycles. The molecule has 0 unspecified atom stereocenters. The zero-order chi connectivity index (χ0) is 15.6. The van der Waals surface area contributed by atoms with E-state index in [0.717, 1.165) is 6.26 Å². The van der Waals surface area contributed by atoms with Crippen molar-refractivity contribution >= 4 is 21.6 Å². The van der Waals surface area contributed by atoms with E-state index in [-0.39, 0.29) is 21.6 Å². The monoisotopic (exact) mass is 304 g/mol. The molecule has 0 atom stereocenters. The van der Waals surface area contributed by atoms with Crippen LogP contribution in [-0.4, -0.2) is 31.5 Å². The molecule has 0 aliphatic rings. The summed E-state index contributed by atoms with van der Waals surface area (Å²) in [5.74, 6) is -1.65. The number of carboxylic acids is 1. The minimum absolute atomic E-state index is 0.0668. The molecule has 108 valence electrons. The summed E-state index contributed by atoms with van der Waals surface area (Å²) in [5, 5.41) is 9.08. The third-order valence-corrected chi connectivity index (χ3v) is 4.08. The number of ketones is 1. The van der Waals surface area contributed by atoms with Crippen molar-refractivity contribution in [3.8, 4) is 0 Å². The molecule has 0 heterocycles. The van der Waals surface area contributed by atoms with Crippen LogP contribution in [0.4, 0.5) is 0 Å². The first kappa shape index (κ1) is 14.9. The van der Waals surface area contributed by atoms with Gasteiger partial charge in [0, 0.05) is 17.4 Å². The molecular formula is C15H12O5S. The highest BCUT2D eigenvalue weighted by molar-refractivity contribution is 7.90. The molecule has 5 nitrogen and oxygen atoms in total. The third-order valence-electron chi connectivity index (χ3n) is 2.95. The van der Waals surface area contributed by atoms with E-state index in [4.69, 9.17) is 5.11 Å². The number of carbonyl (C=O) groups excluding carboxylic acids is 1. The molecule has 0 saturated carbocycles. The fourth-order valence-electron chi connectivity index (χ4n) is 1.88. The fraction of sp³-hybridized carbons (Fsp3) is 0.0667. The lowest BCUT2D eigenvalue weighted by Crippen LogP contribution is -2.09.